The van der Waals surface area contributed by atoms with Crippen molar-refractivity contribution in [3.8, 4) is 0 Å². The molecule has 0 saturated heterocycles. The van der Waals surface area contributed by atoms with Crippen molar-refractivity contribution in [3.63, 3.8) is 0 Å². The van der Waals surface area contributed by atoms with Crippen LogP contribution in [-0.2, 0) is 16.0 Å². The first-order valence-electron chi connectivity index (χ1n) is 17.0. The Morgan fingerprint density at radius 3 is 0.865 bits per heavy atom. The average Bonchev–Trinajstić information content (AvgIpc) is 2.87. The monoisotopic (exact) mass is 540 g/mol. The topological polar surface area (TPSA) is 40.1 Å². The fraction of sp³-hybridized carbons (Fsp3) is 0.971. The first kappa shape index (κ1) is 37.0. The molecule has 0 saturated carbocycles. The standard InChI is InChI=1S/C34H68O2S/c1-3-4-5-6-7-8-9-10-11-12-13-14-15-16-17-18-19-20-21-22-23-24-25-26-27-28-29-30-31-32-34(35)33-37(2)36/h3-33H2,1-2H3. The van der Waals surface area contributed by atoms with Gasteiger partial charge in [-0.15, -0.1) is 0 Å². The van der Waals surface area contributed by atoms with Gasteiger partial charge in [0, 0.05) is 6.42 Å². The Bertz CT molecular complexity index is 438. The molecule has 0 heterocycles. The summed E-state index contributed by atoms with van der Waals surface area (Å²) in [5.74, 6) is 0.422. The summed E-state index contributed by atoms with van der Waals surface area (Å²) in [7, 11) is 0. The van der Waals surface area contributed by atoms with Crippen LogP contribution < -0.4 is 0 Å². The third kappa shape index (κ3) is 34.0. The van der Waals surface area contributed by atoms with Gasteiger partial charge in [0.2, 0.25) is 0 Å². The molecule has 0 N–H and O–H groups in total. The van der Waals surface area contributed by atoms with Crippen molar-refractivity contribution in [3.05, 3.63) is 0 Å². The Labute approximate surface area is 237 Å². The van der Waals surface area contributed by atoms with Gasteiger partial charge in [-0.2, -0.15) is 0 Å². The summed E-state index contributed by atoms with van der Waals surface area (Å²) in [6.45, 7) is 2.30. The number of ketones is 1. The van der Waals surface area contributed by atoms with Crippen molar-refractivity contribution in [1.82, 2.24) is 0 Å². The summed E-state index contributed by atoms with van der Waals surface area (Å²) >= 11 is -0.968. The maximum atomic E-state index is 11.5. The summed E-state index contributed by atoms with van der Waals surface area (Å²) in [5, 5.41) is 0. The molecule has 222 valence electrons. The number of unbranched alkanes of at least 4 members (excludes halogenated alkanes) is 28. The highest BCUT2D eigenvalue weighted by molar-refractivity contribution is 7.91. The van der Waals surface area contributed by atoms with Gasteiger partial charge in [-0.3, -0.25) is 4.79 Å². The van der Waals surface area contributed by atoms with Gasteiger partial charge >= 0.3 is 0 Å². The minimum Gasteiger partial charge on any atom is -0.616 e. The van der Waals surface area contributed by atoms with Gasteiger partial charge in [0.15, 0.2) is 11.5 Å². The largest absolute Gasteiger partial charge is 0.616 e. The van der Waals surface area contributed by atoms with E-state index in [1.54, 1.807) is 6.26 Å². The summed E-state index contributed by atoms with van der Waals surface area (Å²) in [6.07, 6.45) is 43.1. The normalized spacial score (nSPS) is 12.3. The third-order valence-corrected chi connectivity index (χ3v) is 8.65. The van der Waals surface area contributed by atoms with E-state index in [1.165, 1.54) is 173 Å². The van der Waals surface area contributed by atoms with E-state index in [9.17, 15) is 9.35 Å². The third-order valence-electron chi connectivity index (χ3n) is 7.92. The van der Waals surface area contributed by atoms with E-state index in [-0.39, 0.29) is 11.5 Å². The van der Waals surface area contributed by atoms with Crippen LogP contribution in [0.4, 0.5) is 0 Å². The average molecular weight is 541 g/mol. The predicted molar refractivity (Wildman–Crippen MR) is 168 cm³/mol. The van der Waals surface area contributed by atoms with Crippen LogP contribution in [0.5, 0.6) is 0 Å². The lowest BCUT2D eigenvalue weighted by Gasteiger charge is -2.05. The van der Waals surface area contributed by atoms with Crippen LogP contribution in [0.2, 0.25) is 0 Å². The van der Waals surface area contributed by atoms with Gasteiger partial charge in [-0.25, -0.2) is 0 Å². The van der Waals surface area contributed by atoms with Gasteiger partial charge in [-0.05, 0) is 17.6 Å². The van der Waals surface area contributed by atoms with Gasteiger partial charge in [0.05, 0.1) is 6.26 Å². The van der Waals surface area contributed by atoms with Crippen LogP contribution in [0, 0.1) is 0 Å². The molecule has 0 radical (unpaired) electrons. The molecule has 0 aliphatic carbocycles. The minimum absolute atomic E-state index is 0.172. The van der Waals surface area contributed by atoms with Crippen molar-refractivity contribution in [1.29, 1.82) is 0 Å². The molecular formula is C34H68O2S. The number of carbonyl (C=O) groups is 1. The number of hydrogen-bond donors (Lipinski definition) is 0. The first-order chi connectivity index (χ1) is 18.2. The molecule has 0 spiro atoms. The lowest BCUT2D eigenvalue weighted by Crippen LogP contribution is -2.13. The van der Waals surface area contributed by atoms with Gasteiger partial charge < -0.3 is 4.55 Å². The molecule has 0 aromatic carbocycles. The van der Waals surface area contributed by atoms with E-state index in [1.807, 2.05) is 0 Å². The molecular weight excluding hydrogens is 472 g/mol. The van der Waals surface area contributed by atoms with Gasteiger partial charge in [0.25, 0.3) is 0 Å². The maximum absolute atomic E-state index is 11.5. The highest BCUT2D eigenvalue weighted by Gasteiger charge is 2.07. The molecule has 1 atom stereocenters. The lowest BCUT2D eigenvalue weighted by atomic mass is 10.0. The first-order valence-corrected chi connectivity index (χ1v) is 18.7. The van der Waals surface area contributed by atoms with Crippen LogP contribution >= 0.6 is 0 Å². The SMILES string of the molecule is CCCCCCCCCCCCCCCCCCCCCCCCCCCCCCCC(=O)C[S+](C)[O-]. The van der Waals surface area contributed by atoms with E-state index in [0.29, 0.717) is 6.42 Å². The van der Waals surface area contributed by atoms with E-state index in [2.05, 4.69) is 6.92 Å². The Balaban J connectivity index is 3.06. The highest BCUT2D eigenvalue weighted by Crippen LogP contribution is 2.16. The van der Waals surface area contributed by atoms with Crippen LogP contribution in [0.1, 0.15) is 200 Å². The van der Waals surface area contributed by atoms with Gasteiger partial charge in [-0.1, -0.05) is 187 Å². The maximum Gasteiger partial charge on any atom is 0.181 e. The Morgan fingerprint density at radius 2 is 0.649 bits per heavy atom. The quantitative estimate of drug-likeness (QED) is 0.0628. The number of hydrogen-bond acceptors (Lipinski definition) is 2. The van der Waals surface area contributed by atoms with Crippen LogP contribution in [0.25, 0.3) is 0 Å². The van der Waals surface area contributed by atoms with Crippen LogP contribution in [-0.4, -0.2) is 22.3 Å². The molecule has 0 rings (SSSR count). The molecule has 0 amide bonds. The predicted octanol–water partition coefficient (Wildman–Crippen LogP) is 11.7. The molecule has 1 unspecified atom stereocenters. The van der Waals surface area contributed by atoms with Crippen molar-refractivity contribution >= 4 is 17.0 Å². The van der Waals surface area contributed by atoms with Crippen molar-refractivity contribution in [2.75, 3.05) is 12.0 Å². The Morgan fingerprint density at radius 1 is 0.432 bits per heavy atom. The molecule has 0 aromatic rings. The molecule has 3 heteroatoms. The van der Waals surface area contributed by atoms with Crippen molar-refractivity contribution in [2.24, 2.45) is 0 Å². The summed E-state index contributed by atoms with van der Waals surface area (Å²) in [6, 6.07) is 0. The molecule has 0 fully saturated rings. The van der Waals surface area contributed by atoms with Crippen LogP contribution in [0.3, 0.4) is 0 Å². The zero-order valence-electron chi connectivity index (χ0n) is 25.6. The van der Waals surface area contributed by atoms with Crippen LogP contribution in [0.15, 0.2) is 0 Å². The fourth-order valence-corrected chi connectivity index (χ4v) is 6.07. The minimum atomic E-state index is -0.968. The zero-order chi connectivity index (χ0) is 27.1. The van der Waals surface area contributed by atoms with E-state index < -0.39 is 11.2 Å². The Hall–Kier alpha value is -0.0200. The second-order valence-electron chi connectivity index (χ2n) is 11.9. The summed E-state index contributed by atoms with van der Waals surface area (Å²) in [5.41, 5.74) is 0. The second kappa shape index (κ2) is 32.2. The fourth-order valence-electron chi connectivity index (χ4n) is 5.47. The van der Waals surface area contributed by atoms with E-state index >= 15 is 0 Å². The molecule has 0 aliphatic rings. The lowest BCUT2D eigenvalue weighted by molar-refractivity contribution is -0.116. The number of rotatable bonds is 32. The highest BCUT2D eigenvalue weighted by atomic mass is 32.2. The molecule has 37 heavy (non-hydrogen) atoms. The summed E-state index contributed by atoms with van der Waals surface area (Å²) < 4.78 is 11.0. The number of Topliss-reactive ketones (excluding diaryl/α,β-unsaturated/α-hetero) is 1. The second-order valence-corrected chi connectivity index (χ2v) is 13.3. The smallest absolute Gasteiger partial charge is 0.181 e. The van der Waals surface area contributed by atoms with Crippen molar-refractivity contribution in [2.45, 2.75) is 200 Å². The number of carbonyl (C=O) groups excluding carboxylic acids is 1. The van der Waals surface area contributed by atoms with E-state index in [4.69, 9.17) is 0 Å². The molecule has 2 nitrogen and oxygen atoms in total. The van der Waals surface area contributed by atoms with E-state index in [0.717, 1.165) is 12.8 Å². The zero-order valence-corrected chi connectivity index (χ0v) is 26.5. The summed E-state index contributed by atoms with van der Waals surface area (Å²) in [4.78, 5) is 11.5. The van der Waals surface area contributed by atoms with Crippen molar-refractivity contribution < 1.29 is 9.35 Å². The molecule has 0 aromatic heterocycles. The van der Waals surface area contributed by atoms with Gasteiger partial charge in [0.1, 0.15) is 0 Å². The molecule has 0 aliphatic heterocycles. The Kier molecular flexibility index (Phi) is 32.2. The molecule has 0 bridgehead atoms.